The van der Waals surface area contributed by atoms with Crippen LogP contribution in [0.2, 0.25) is 19.1 Å². The Kier molecular flexibility index (Phi) is 4.32. The van der Waals surface area contributed by atoms with Gasteiger partial charge in [-0.15, -0.1) is 0 Å². The molecule has 2 rings (SSSR count). The predicted octanol–water partition coefficient (Wildman–Crippen LogP) is 5.04. The zero-order chi connectivity index (χ0) is 15.1. The summed E-state index contributed by atoms with van der Waals surface area (Å²) in [5.74, 6) is 1.41. The number of rotatable bonds is 3. The Bertz CT molecular complexity index is 431. The Hall–Kier alpha value is -0.413. The van der Waals surface area contributed by atoms with E-state index in [0.717, 1.165) is 18.9 Å². The van der Waals surface area contributed by atoms with Crippen molar-refractivity contribution in [2.75, 3.05) is 0 Å². The van der Waals surface area contributed by atoms with Crippen LogP contribution in [0.3, 0.4) is 0 Å². The lowest BCUT2D eigenvalue weighted by Gasteiger charge is -2.36. The third-order valence-corrected chi connectivity index (χ3v) is 7.16. The summed E-state index contributed by atoms with van der Waals surface area (Å²) in [6, 6.07) is 1.14. The van der Waals surface area contributed by atoms with Gasteiger partial charge in [-0.05, 0) is 57.6 Å². The molecule has 114 valence electrons. The maximum Gasteiger partial charge on any atom is 0.123 e. The van der Waals surface area contributed by atoms with Gasteiger partial charge in [0.05, 0.1) is 0 Å². The Labute approximate surface area is 124 Å². The highest BCUT2D eigenvalue weighted by Crippen LogP contribution is 2.48. The number of fused-ring (bicyclic) bond motifs is 1. The van der Waals surface area contributed by atoms with Gasteiger partial charge in [-0.3, -0.25) is 0 Å². The highest BCUT2D eigenvalue weighted by Gasteiger charge is 2.40. The lowest BCUT2D eigenvalue weighted by atomic mass is 9.85. The zero-order valence-electron chi connectivity index (χ0n) is 13.9. The molecule has 0 saturated heterocycles. The highest BCUT2D eigenvalue weighted by molar-refractivity contribution is 6.75. The molecule has 1 N–H and O–H groups in total. The van der Waals surface area contributed by atoms with Gasteiger partial charge in [-0.2, -0.15) is 0 Å². The summed E-state index contributed by atoms with van der Waals surface area (Å²) in [5, 5.41) is 0. The fourth-order valence-electron chi connectivity index (χ4n) is 4.20. The minimum absolute atomic E-state index is 0.117. The normalized spacial score (nSPS) is 30.9. The first kappa shape index (κ1) is 16.0. The SMILES string of the molecule is CC1CC2C(F)=CC=C(C[Si](C)(C)NC(C)(C)C)C2C1. The second kappa shape index (κ2) is 5.41. The average molecular weight is 296 g/mol. The Morgan fingerprint density at radius 3 is 2.40 bits per heavy atom. The van der Waals surface area contributed by atoms with Crippen LogP contribution in [0.1, 0.15) is 40.5 Å². The van der Waals surface area contributed by atoms with Crippen molar-refractivity contribution in [3.8, 4) is 0 Å². The Balaban J connectivity index is 2.13. The lowest BCUT2D eigenvalue weighted by Crippen LogP contribution is -2.54. The van der Waals surface area contributed by atoms with Crippen molar-refractivity contribution >= 4 is 8.24 Å². The molecule has 1 saturated carbocycles. The van der Waals surface area contributed by atoms with Crippen molar-refractivity contribution < 1.29 is 4.39 Å². The standard InChI is InChI=1S/C17H30FNSi/c1-12-9-14-13(7-8-16(18)15(14)10-12)11-20(5,6)19-17(2,3)4/h7-8,12,14-15,19H,9-11H2,1-6H3. The van der Waals surface area contributed by atoms with Crippen LogP contribution in [0.4, 0.5) is 4.39 Å². The molecule has 0 aliphatic heterocycles. The summed E-state index contributed by atoms with van der Waals surface area (Å²) < 4.78 is 14.0. The molecule has 2 aliphatic rings. The van der Waals surface area contributed by atoms with Crippen molar-refractivity contribution in [3.05, 3.63) is 23.6 Å². The van der Waals surface area contributed by atoms with E-state index in [0.29, 0.717) is 11.8 Å². The second-order valence-electron chi connectivity index (χ2n) is 8.52. The van der Waals surface area contributed by atoms with Gasteiger partial charge in [0.1, 0.15) is 14.1 Å². The molecule has 1 nitrogen and oxygen atoms in total. The molecular weight excluding hydrogens is 265 g/mol. The van der Waals surface area contributed by atoms with Gasteiger partial charge >= 0.3 is 0 Å². The van der Waals surface area contributed by atoms with E-state index in [1.165, 1.54) is 5.57 Å². The van der Waals surface area contributed by atoms with Gasteiger partial charge < -0.3 is 4.98 Å². The van der Waals surface area contributed by atoms with Crippen molar-refractivity contribution in [3.63, 3.8) is 0 Å². The van der Waals surface area contributed by atoms with E-state index < -0.39 is 8.24 Å². The van der Waals surface area contributed by atoms with Gasteiger partial charge in [-0.25, -0.2) is 4.39 Å². The average Bonchev–Trinajstić information content (AvgIpc) is 2.61. The van der Waals surface area contributed by atoms with Crippen LogP contribution in [0, 0.1) is 17.8 Å². The smallest absolute Gasteiger partial charge is 0.123 e. The molecule has 0 spiro atoms. The van der Waals surface area contributed by atoms with Crippen LogP contribution in [0.25, 0.3) is 0 Å². The monoisotopic (exact) mass is 295 g/mol. The van der Waals surface area contributed by atoms with E-state index in [2.05, 4.69) is 51.8 Å². The van der Waals surface area contributed by atoms with Crippen LogP contribution in [-0.2, 0) is 0 Å². The third kappa shape index (κ3) is 3.82. The van der Waals surface area contributed by atoms with Gasteiger partial charge in [0.25, 0.3) is 0 Å². The van der Waals surface area contributed by atoms with E-state index >= 15 is 0 Å². The summed E-state index contributed by atoms with van der Waals surface area (Å²) in [6.07, 6.45) is 6.00. The second-order valence-corrected chi connectivity index (χ2v) is 12.9. The van der Waals surface area contributed by atoms with Crippen LogP contribution in [0.15, 0.2) is 23.6 Å². The molecule has 0 bridgehead atoms. The fourth-order valence-corrected chi connectivity index (χ4v) is 7.72. The number of halogens is 1. The Morgan fingerprint density at radius 2 is 1.80 bits per heavy atom. The first-order chi connectivity index (χ1) is 9.07. The molecule has 0 amide bonds. The van der Waals surface area contributed by atoms with Crippen molar-refractivity contribution in [1.29, 1.82) is 0 Å². The van der Waals surface area contributed by atoms with Crippen molar-refractivity contribution in [2.24, 2.45) is 17.8 Å². The summed E-state index contributed by atoms with van der Waals surface area (Å²) in [6.45, 7) is 13.7. The molecule has 3 unspecified atom stereocenters. The van der Waals surface area contributed by atoms with E-state index in [-0.39, 0.29) is 17.3 Å². The maximum absolute atomic E-state index is 14.0. The zero-order valence-corrected chi connectivity index (χ0v) is 14.9. The largest absolute Gasteiger partial charge is 0.332 e. The van der Waals surface area contributed by atoms with E-state index in [9.17, 15) is 4.39 Å². The molecule has 0 aromatic heterocycles. The molecule has 2 aliphatic carbocycles. The van der Waals surface area contributed by atoms with E-state index in [1.807, 2.05) is 0 Å². The molecule has 3 atom stereocenters. The fraction of sp³-hybridized carbons (Fsp3) is 0.765. The first-order valence-corrected chi connectivity index (χ1v) is 11.1. The summed E-state index contributed by atoms with van der Waals surface area (Å²) in [5.41, 5.74) is 1.66. The quantitative estimate of drug-likeness (QED) is 0.720. The highest BCUT2D eigenvalue weighted by atomic mass is 28.3. The molecule has 0 heterocycles. The number of hydrogen-bond donors (Lipinski definition) is 1. The minimum Gasteiger partial charge on any atom is -0.332 e. The molecule has 1 fully saturated rings. The van der Waals surface area contributed by atoms with Crippen molar-refractivity contribution in [2.45, 2.75) is 65.2 Å². The predicted molar refractivity (Wildman–Crippen MR) is 87.8 cm³/mol. The van der Waals surface area contributed by atoms with Crippen molar-refractivity contribution in [1.82, 2.24) is 4.98 Å². The van der Waals surface area contributed by atoms with E-state index in [4.69, 9.17) is 0 Å². The van der Waals surface area contributed by atoms with Gasteiger partial charge in [-0.1, -0.05) is 31.7 Å². The molecule has 3 heteroatoms. The lowest BCUT2D eigenvalue weighted by molar-refractivity contribution is 0.399. The summed E-state index contributed by atoms with van der Waals surface area (Å²) in [4.78, 5) is 3.83. The number of nitrogens with one attached hydrogen (secondary N) is 1. The number of hydrogen-bond acceptors (Lipinski definition) is 1. The summed E-state index contributed by atoms with van der Waals surface area (Å²) in [7, 11) is -1.50. The van der Waals surface area contributed by atoms with Crippen LogP contribution in [0.5, 0.6) is 0 Å². The van der Waals surface area contributed by atoms with E-state index in [1.54, 1.807) is 6.08 Å². The van der Waals surface area contributed by atoms with Gasteiger partial charge in [0.15, 0.2) is 0 Å². The molecule has 20 heavy (non-hydrogen) atoms. The van der Waals surface area contributed by atoms with Gasteiger partial charge in [0.2, 0.25) is 0 Å². The van der Waals surface area contributed by atoms with Crippen LogP contribution >= 0.6 is 0 Å². The molecule has 0 aromatic carbocycles. The third-order valence-electron chi connectivity index (χ3n) is 4.44. The molecule has 0 aromatic rings. The van der Waals surface area contributed by atoms with Crippen LogP contribution in [-0.4, -0.2) is 13.8 Å². The number of allylic oxidation sites excluding steroid dienone is 4. The summed E-state index contributed by atoms with van der Waals surface area (Å²) >= 11 is 0. The van der Waals surface area contributed by atoms with Gasteiger partial charge in [0, 0.05) is 11.5 Å². The maximum atomic E-state index is 14.0. The minimum atomic E-state index is -1.50. The topological polar surface area (TPSA) is 12.0 Å². The Morgan fingerprint density at radius 1 is 1.20 bits per heavy atom. The molecular formula is C17H30FNSi. The molecule has 0 radical (unpaired) electrons. The van der Waals surface area contributed by atoms with Crippen LogP contribution < -0.4 is 4.98 Å². The first-order valence-electron chi connectivity index (χ1n) is 7.93.